The third kappa shape index (κ3) is 8.36. The molecule has 1 atom stereocenters. The number of amides is 2. The first kappa shape index (κ1) is 28.3. The number of Topliss-reactive ketones (excluding diaryl/α,β-unsaturated/α-hetero) is 1. The van der Waals surface area contributed by atoms with E-state index >= 15 is 0 Å². The maximum Gasteiger partial charge on any atom is 0.244 e. The standard InChI is InChI=1S/C25H32ClN3O5S/c1-17(2)14-27-25(32)18(3)28(15-20-9-11-22(26)12-10-20)24(31)16-29(35(5,33)34)23-8-6-7-21(13-23)19(4)30/h6-13,17-18H,14-16H2,1-5H3,(H,27,32). The molecule has 0 aromatic heterocycles. The second-order valence-corrected chi connectivity index (χ2v) is 11.2. The average Bonchev–Trinajstić information content (AvgIpc) is 2.79. The Morgan fingerprint density at radius 3 is 2.20 bits per heavy atom. The lowest BCUT2D eigenvalue weighted by Crippen LogP contribution is -2.51. The first-order valence-corrected chi connectivity index (χ1v) is 13.4. The Labute approximate surface area is 212 Å². The molecule has 0 fully saturated rings. The SMILES string of the molecule is CC(=O)c1cccc(N(CC(=O)N(Cc2ccc(Cl)cc2)C(C)C(=O)NCC(C)C)S(C)(=O)=O)c1. The number of benzene rings is 2. The quantitative estimate of drug-likeness (QED) is 0.456. The number of carbonyl (C=O) groups excluding carboxylic acids is 3. The topological polar surface area (TPSA) is 104 Å². The molecule has 10 heteroatoms. The normalized spacial score (nSPS) is 12.2. The number of ketones is 1. The van der Waals surface area contributed by atoms with Crippen LogP contribution in [-0.4, -0.2) is 56.3 Å². The van der Waals surface area contributed by atoms with Gasteiger partial charge in [-0.25, -0.2) is 8.42 Å². The van der Waals surface area contributed by atoms with Crippen molar-refractivity contribution in [3.63, 3.8) is 0 Å². The molecule has 1 N–H and O–H groups in total. The van der Waals surface area contributed by atoms with Gasteiger partial charge < -0.3 is 10.2 Å². The Morgan fingerprint density at radius 1 is 1.03 bits per heavy atom. The van der Waals surface area contributed by atoms with Crippen LogP contribution in [0.25, 0.3) is 0 Å². The number of hydrogen-bond acceptors (Lipinski definition) is 5. The molecule has 8 nitrogen and oxygen atoms in total. The summed E-state index contributed by atoms with van der Waals surface area (Å²) in [5, 5.41) is 3.35. The number of anilines is 1. The Kier molecular flexibility index (Phi) is 9.85. The molecular weight excluding hydrogens is 490 g/mol. The molecule has 0 aliphatic rings. The van der Waals surface area contributed by atoms with Crippen molar-refractivity contribution in [3.05, 3.63) is 64.7 Å². The first-order chi connectivity index (χ1) is 16.3. The van der Waals surface area contributed by atoms with Crippen molar-refractivity contribution in [2.24, 2.45) is 5.92 Å². The van der Waals surface area contributed by atoms with Gasteiger partial charge in [0.25, 0.3) is 0 Å². The van der Waals surface area contributed by atoms with Crippen LogP contribution in [0.3, 0.4) is 0 Å². The van der Waals surface area contributed by atoms with Crippen molar-refractivity contribution in [1.29, 1.82) is 0 Å². The minimum atomic E-state index is -3.88. The number of rotatable bonds is 11. The Morgan fingerprint density at radius 2 is 1.66 bits per heavy atom. The molecule has 2 amide bonds. The molecule has 0 aliphatic carbocycles. The van der Waals surface area contributed by atoms with Crippen molar-refractivity contribution in [3.8, 4) is 0 Å². The van der Waals surface area contributed by atoms with Gasteiger partial charge >= 0.3 is 0 Å². The second-order valence-electron chi connectivity index (χ2n) is 8.84. The molecule has 190 valence electrons. The molecule has 2 aromatic rings. The van der Waals surface area contributed by atoms with Crippen molar-refractivity contribution in [1.82, 2.24) is 10.2 Å². The summed E-state index contributed by atoms with van der Waals surface area (Å²) in [4.78, 5) is 39.5. The summed E-state index contributed by atoms with van der Waals surface area (Å²) in [5.74, 6) is -0.913. The van der Waals surface area contributed by atoms with Crippen molar-refractivity contribution >= 4 is 44.9 Å². The summed E-state index contributed by atoms with van der Waals surface area (Å²) < 4.78 is 26.2. The average molecular weight is 522 g/mol. The highest BCUT2D eigenvalue weighted by Gasteiger charge is 2.30. The Hall–Kier alpha value is -2.91. The zero-order chi connectivity index (χ0) is 26.3. The van der Waals surface area contributed by atoms with Gasteiger partial charge in [0.2, 0.25) is 21.8 Å². The molecule has 0 radical (unpaired) electrons. The molecule has 2 rings (SSSR count). The van der Waals surface area contributed by atoms with Crippen LogP contribution in [0.1, 0.15) is 43.6 Å². The largest absolute Gasteiger partial charge is 0.354 e. The minimum Gasteiger partial charge on any atom is -0.354 e. The fourth-order valence-electron chi connectivity index (χ4n) is 3.32. The molecular formula is C25H32ClN3O5S. The van der Waals surface area contributed by atoms with Crippen LogP contribution in [0.4, 0.5) is 5.69 Å². The molecule has 0 aliphatic heterocycles. The molecule has 0 bridgehead atoms. The molecule has 0 saturated heterocycles. The summed E-state index contributed by atoms with van der Waals surface area (Å²) in [6.07, 6.45) is 0.989. The van der Waals surface area contributed by atoms with Crippen LogP contribution < -0.4 is 9.62 Å². The second kappa shape index (κ2) is 12.2. The van der Waals surface area contributed by atoms with E-state index in [0.29, 0.717) is 17.1 Å². The van der Waals surface area contributed by atoms with Gasteiger partial charge in [0.1, 0.15) is 12.6 Å². The van der Waals surface area contributed by atoms with Gasteiger partial charge in [0.15, 0.2) is 5.78 Å². The van der Waals surface area contributed by atoms with E-state index < -0.39 is 28.5 Å². The third-order valence-electron chi connectivity index (χ3n) is 5.34. The lowest BCUT2D eigenvalue weighted by Gasteiger charge is -2.31. The van der Waals surface area contributed by atoms with E-state index in [-0.39, 0.29) is 29.8 Å². The number of carbonyl (C=O) groups is 3. The van der Waals surface area contributed by atoms with E-state index in [4.69, 9.17) is 11.6 Å². The van der Waals surface area contributed by atoms with Crippen LogP contribution in [0.15, 0.2) is 48.5 Å². The van der Waals surface area contributed by atoms with Crippen LogP contribution >= 0.6 is 11.6 Å². The van der Waals surface area contributed by atoms with Crippen LogP contribution in [0.5, 0.6) is 0 Å². The van der Waals surface area contributed by atoms with E-state index in [0.717, 1.165) is 16.1 Å². The summed E-state index contributed by atoms with van der Waals surface area (Å²) >= 11 is 5.97. The summed E-state index contributed by atoms with van der Waals surface area (Å²) in [6, 6.07) is 12.1. The van der Waals surface area contributed by atoms with E-state index in [1.54, 1.807) is 43.3 Å². The van der Waals surface area contributed by atoms with E-state index in [9.17, 15) is 22.8 Å². The van der Waals surface area contributed by atoms with Gasteiger partial charge in [-0.1, -0.05) is 49.7 Å². The predicted octanol–water partition coefficient (Wildman–Crippen LogP) is 3.50. The fraction of sp³-hybridized carbons (Fsp3) is 0.400. The zero-order valence-corrected chi connectivity index (χ0v) is 22.2. The van der Waals surface area contributed by atoms with E-state index in [2.05, 4.69) is 5.32 Å². The number of nitrogens with one attached hydrogen (secondary N) is 1. The van der Waals surface area contributed by atoms with E-state index in [1.807, 2.05) is 13.8 Å². The lowest BCUT2D eigenvalue weighted by molar-refractivity contribution is -0.139. The first-order valence-electron chi connectivity index (χ1n) is 11.2. The van der Waals surface area contributed by atoms with E-state index in [1.165, 1.54) is 24.0 Å². The third-order valence-corrected chi connectivity index (χ3v) is 6.73. The molecule has 0 saturated carbocycles. The number of sulfonamides is 1. The summed E-state index contributed by atoms with van der Waals surface area (Å²) in [6.45, 7) is 6.89. The van der Waals surface area contributed by atoms with Gasteiger partial charge in [0, 0.05) is 23.7 Å². The van der Waals surface area contributed by atoms with Gasteiger partial charge in [-0.3, -0.25) is 18.7 Å². The molecule has 0 heterocycles. The zero-order valence-electron chi connectivity index (χ0n) is 20.6. The molecule has 1 unspecified atom stereocenters. The molecule has 0 spiro atoms. The van der Waals surface area contributed by atoms with Gasteiger partial charge in [-0.15, -0.1) is 0 Å². The van der Waals surface area contributed by atoms with Gasteiger partial charge in [-0.2, -0.15) is 0 Å². The van der Waals surface area contributed by atoms with Gasteiger partial charge in [-0.05, 0) is 49.6 Å². The maximum absolute atomic E-state index is 13.5. The van der Waals surface area contributed by atoms with Gasteiger partial charge in [0.05, 0.1) is 11.9 Å². The highest BCUT2D eigenvalue weighted by molar-refractivity contribution is 7.92. The fourth-order valence-corrected chi connectivity index (χ4v) is 4.28. The molecule has 2 aromatic carbocycles. The van der Waals surface area contributed by atoms with Crippen molar-refractivity contribution in [2.45, 2.75) is 40.3 Å². The molecule has 35 heavy (non-hydrogen) atoms. The highest BCUT2D eigenvalue weighted by Crippen LogP contribution is 2.21. The number of hydrogen-bond donors (Lipinski definition) is 1. The smallest absolute Gasteiger partial charge is 0.244 e. The lowest BCUT2D eigenvalue weighted by atomic mass is 10.1. The van der Waals surface area contributed by atoms with Crippen molar-refractivity contribution in [2.75, 3.05) is 23.7 Å². The predicted molar refractivity (Wildman–Crippen MR) is 138 cm³/mol. The van der Waals surface area contributed by atoms with Crippen LogP contribution in [-0.2, 0) is 26.2 Å². The number of halogens is 1. The number of nitrogens with zero attached hydrogens (tertiary/aromatic N) is 2. The highest BCUT2D eigenvalue weighted by atomic mass is 35.5. The summed E-state index contributed by atoms with van der Waals surface area (Å²) in [5.41, 5.74) is 1.25. The van der Waals surface area contributed by atoms with Crippen LogP contribution in [0, 0.1) is 5.92 Å². The summed E-state index contributed by atoms with van der Waals surface area (Å²) in [7, 11) is -3.88. The Bertz CT molecular complexity index is 1170. The Balaban J connectivity index is 2.39. The maximum atomic E-state index is 13.5. The van der Waals surface area contributed by atoms with Crippen LogP contribution in [0.2, 0.25) is 5.02 Å². The monoisotopic (exact) mass is 521 g/mol. The minimum absolute atomic E-state index is 0.0807. The van der Waals surface area contributed by atoms with Crippen molar-refractivity contribution < 1.29 is 22.8 Å².